The van der Waals surface area contributed by atoms with Gasteiger partial charge in [0.2, 0.25) is 0 Å². The lowest BCUT2D eigenvalue weighted by molar-refractivity contribution is -0.0209. The van der Waals surface area contributed by atoms with Crippen LogP contribution in [0.3, 0.4) is 0 Å². The first kappa shape index (κ1) is 14.8. The van der Waals surface area contributed by atoms with E-state index in [4.69, 9.17) is 15.2 Å². The molecule has 1 rings (SSSR count). The smallest absolute Gasteiger partial charge is 0.121 e. The number of aliphatic hydroxyl groups is 1. The molecule has 0 saturated heterocycles. The van der Waals surface area contributed by atoms with Gasteiger partial charge >= 0.3 is 0 Å². The maximum absolute atomic E-state index is 9.72. The molecule has 2 atom stereocenters. The monoisotopic (exact) mass is 253 g/mol. The summed E-state index contributed by atoms with van der Waals surface area (Å²) in [5, 5.41) is 9.72. The van der Waals surface area contributed by atoms with Crippen molar-refractivity contribution in [3.8, 4) is 5.75 Å². The maximum Gasteiger partial charge on any atom is 0.121 e. The predicted octanol–water partition coefficient (Wildman–Crippen LogP) is 2.21. The van der Waals surface area contributed by atoms with E-state index in [1.807, 2.05) is 19.1 Å². The quantitative estimate of drug-likeness (QED) is 0.697. The summed E-state index contributed by atoms with van der Waals surface area (Å²) in [5.41, 5.74) is 6.28. The van der Waals surface area contributed by atoms with E-state index in [-0.39, 0.29) is 12.7 Å². The lowest BCUT2D eigenvalue weighted by Gasteiger charge is -2.16. The average molecular weight is 253 g/mol. The largest absolute Gasteiger partial charge is 0.491 e. The summed E-state index contributed by atoms with van der Waals surface area (Å²) < 4.78 is 10.9. The lowest BCUT2D eigenvalue weighted by atomic mass is 10.2. The maximum atomic E-state index is 9.72. The van der Waals surface area contributed by atoms with Crippen LogP contribution < -0.4 is 10.5 Å². The molecule has 0 saturated carbocycles. The Hall–Kier alpha value is -1.26. The van der Waals surface area contributed by atoms with Crippen LogP contribution in [0.25, 0.3) is 0 Å². The summed E-state index contributed by atoms with van der Waals surface area (Å²) in [6.07, 6.45) is 1.64. The van der Waals surface area contributed by atoms with Crippen LogP contribution in [-0.2, 0) is 4.74 Å². The molecule has 0 aliphatic carbocycles. The van der Waals surface area contributed by atoms with Gasteiger partial charge in [0.25, 0.3) is 0 Å². The van der Waals surface area contributed by atoms with Crippen molar-refractivity contribution in [2.24, 2.45) is 0 Å². The highest BCUT2D eigenvalue weighted by Crippen LogP contribution is 2.14. The minimum Gasteiger partial charge on any atom is -0.491 e. The highest BCUT2D eigenvalue weighted by Gasteiger charge is 2.08. The van der Waals surface area contributed by atoms with Gasteiger partial charge < -0.3 is 20.3 Å². The number of nitrogen functional groups attached to an aromatic ring is 1. The number of rotatable bonds is 8. The number of ether oxygens (including phenoxy) is 2. The van der Waals surface area contributed by atoms with E-state index in [0.717, 1.165) is 12.8 Å². The molecule has 3 N–H and O–H groups in total. The summed E-state index contributed by atoms with van der Waals surface area (Å²) in [5.74, 6) is 0.663. The SMILES string of the molecule is CCCC(C)OCC(O)COc1cccc(N)c1. The number of aliphatic hydroxyl groups excluding tert-OH is 1. The fourth-order valence-electron chi connectivity index (χ4n) is 1.61. The van der Waals surface area contributed by atoms with Crippen molar-refractivity contribution in [3.05, 3.63) is 24.3 Å². The molecule has 18 heavy (non-hydrogen) atoms. The van der Waals surface area contributed by atoms with Crippen LogP contribution in [0, 0.1) is 0 Å². The summed E-state index contributed by atoms with van der Waals surface area (Å²) >= 11 is 0. The second kappa shape index (κ2) is 7.95. The van der Waals surface area contributed by atoms with Gasteiger partial charge in [-0.25, -0.2) is 0 Å². The van der Waals surface area contributed by atoms with E-state index in [1.54, 1.807) is 12.1 Å². The molecule has 0 aromatic heterocycles. The van der Waals surface area contributed by atoms with Gasteiger partial charge in [0.15, 0.2) is 0 Å². The van der Waals surface area contributed by atoms with Gasteiger partial charge in [0.1, 0.15) is 18.5 Å². The molecule has 2 unspecified atom stereocenters. The molecule has 4 nitrogen and oxygen atoms in total. The normalized spacial score (nSPS) is 14.2. The van der Waals surface area contributed by atoms with Crippen LogP contribution in [0.5, 0.6) is 5.75 Å². The van der Waals surface area contributed by atoms with Crippen molar-refractivity contribution in [2.75, 3.05) is 18.9 Å². The summed E-state index contributed by atoms with van der Waals surface area (Å²) in [7, 11) is 0. The second-order valence-corrected chi connectivity index (χ2v) is 4.47. The van der Waals surface area contributed by atoms with Crippen LogP contribution >= 0.6 is 0 Å². The number of benzene rings is 1. The van der Waals surface area contributed by atoms with Crippen LogP contribution in [-0.4, -0.2) is 30.5 Å². The zero-order valence-electron chi connectivity index (χ0n) is 11.1. The Morgan fingerprint density at radius 1 is 1.33 bits per heavy atom. The fraction of sp³-hybridized carbons (Fsp3) is 0.571. The molecule has 0 fully saturated rings. The first-order valence-corrected chi connectivity index (χ1v) is 6.39. The minimum absolute atomic E-state index is 0.178. The van der Waals surface area contributed by atoms with Crippen molar-refractivity contribution in [1.82, 2.24) is 0 Å². The summed E-state index contributed by atoms with van der Waals surface area (Å²) in [4.78, 5) is 0. The van der Waals surface area contributed by atoms with E-state index < -0.39 is 6.10 Å². The molecular formula is C14H23NO3. The molecule has 0 spiro atoms. The molecule has 0 aliphatic rings. The van der Waals surface area contributed by atoms with Crippen molar-refractivity contribution >= 4 is 5.69 Å². The Kier molecular flexibility index (Phi) is 6.54. The lowest BCUT2D eigenvalue weighted by Crippen LogP contribution is -2.25. The molecule has 0 radical (unpaired) electrons. The van der Waals surface area contributed by atoms with Gasteiger partial charge in [-0.1, -0.05) is 19.4 Å². The predicted molar refractivity (Wildman–Crippen MR) is 72.7 cm³/mol. The number of hydrogen-bond acceptors (Lipinski definition) is 4. The molecule has 0 aliphatic heterocycles. The molecule has 102 valence electrons. The Balaban J connectivity index is 2.22. The minimum atomic E-state index is -0.620. The number of hydrogen-bond donors (Lipinski definition) is 2. The zero-order valence-corrected chi connectivity index (χ0v) is 11.1. The third-order valence-corrected chi connectivity index (χ3v) is 2.57. The van der Waals surface area contributed by atoms with Crippen molar-refractivity contribution in [3.63, 3.8) is 0 Å². The van der Waals surface area contributed by atoms with E-state index in [9.17, 15) is 5.11 Å². The van der Waals surface area contributed by atoms with E-state index in [2.05, 4.69) is 6.92 Å². The van der Waals surface area contributed by atoms with Crippen LogP contribution in [0.4, 0.5) is 5.69 Å². The molecule has 0 amide bonds. The molecular weight excluding hydrogens is 230 g/mol. The fourth-order valence-corrected chi connectivity index (χ4v) is 1.61. The summed E-state index contributed by atoms with van der Waals surface area (Å²) in [6.45, 7) is 4.62. The average Bonchev–Trinajstić information content (AvgIpc) is 2.34. The van der Waals surface area contributed by atoms with Gasteiger partial charge in [0, 0.05) is 11.8 Å². The highest BCUT2D eigenvalue weighted by atomic mass is 16.5. The van der Waals surface area contributed by atoms with Crippen LogP contribution in [0.2, 0.25) is 0 Å². The Morgan fingerprint density at radius 3 is 2.78 bits per heavy atom. The van der Waals surface area contributed by atoms with Gasteiger partial charge in [0.05, 0.1) is 12.7 Å². The molecule has 1 aromatic rings. The van der Waals surface area contributed by atoms with Gasteiger partial charge in [-0.05, 0) is 25.5 Å². The van der Waals surface area contributed by atoms with Crippen LogP contribution in [0.15, 0.2) is 24.3 Å². The Labute approximate surface area is 109 Å². The van der Waals surface area contributed by atoms with Crippen molar-refractivity contribution in [1.29, 1.82) is 0 Å². The first-order valence-electron chi connectivity index (χ1n) is 6.39. The third kappa shape index (κ3) is 5.89. The van der Waals surface area contributed by atoms with E-state index in [0.29, 0.717) is 18.0 Å². The highest BCUT2D eigenvalue weighted by molar-refractivity contribution is 5.43. The van der Waals surface area contributed by atoms with E-state index >= 15 is 0 Å². The molecule has 1 aromatic carbocycles. The topological polar surface area (TPSA) is 64.7 Å². The molecule has 0 heterocycles. The summed E-state index contributed by atoms with van der Waals surface area (Å²) in [6, 6.07) is 7.15. The third-order valence-electron chi connectivity index (χ3n) is 2.57. The molecule has 4 heteroatoms. The van der Waals surface area contributed by atoms with Crippen LogP contribution in [0.1, 0.15) is 26.7 Å². The van der Waals surface area contributed by atoms with Crippen molar-refractivity contribution in [2.45, 2.75) is 38.9 Å². The first-order chi connectivity index (χ1) is 8.61. The number of anilines is 1. The standard InChI is InChI=1S/C14H23NO3/c1-3-5-11(2)17-9-13(16)10-18-14-7-4-6-12(15)8-14/h4,6-8,11,13,16H,3,5,9-10,15H2,1-2H3. The van der Waals surface area contributed by atoms with Gasteiger partial charge in [-0.2, -0.15) is 0 Å². The van der Waals surface area contributed by atoms with Gasteiger partial charge in [-0.3, -0.25) is 0 Å². The molecule has 0 bridgehead atoms. The number of nitrogens with two attached hydrogens (primary N) is 1. The van der Waals surface area contributed by atoms with Crippen molar-refractivity contribution < 1.29 is 14.6 Å². The van der Waals surface area contributed by atoms with E-state index in [1.165, 1.54) is 0 Å². The second-order valence-electron chi connectivity index (χ2n) is 4.47. The Morgan fingerprint density at radius 2 is 2.11 bits per heavy atom. The van der Waals surface area contributed by atoms with Gasteiger partial charge in [-0.15, -0.1) is 0 Å². The Bertz CT molecular complexity index is 344. The zero-order chi connectivity index (χ0) is 13.4.